The SMILES string of the molecule is Cc1noc(C)c1COc1cccc([C@@H](C)N)c1. The van der Waals surface area contributed by atoms with Gasteiger partial charge in [-0.1, -0.05) is 17.3 Å². The fourth-order valence-electron chi connectivity index (χ4n) is 1.75. The van der Waals surface area contributed by atoms with Crippen LogP contribution in [0.2, 0.25) is 0 Å². The quantitative estimate of drug-likeness (QED) is 0.901. The minimum absolute atomic E-state index is 0.00705. The van der Waals surface area contributed by atoms with Crippen LogP contribution in [0.5, 0.6) is 5.75 Å². The average Bonchev–Trinajstić information content (AvgIpc) is 2.67. The van der Waals surface area contributed by atoms with Crippen LogP contribution in [0.4, 0.5) is 0 Å². The molecule has 0 saturated heterocycles. The van der Waals surface area contributed by atoms with Gasteiger partial charge in [0.05, 0.1) is 11.3 Å². The third-order valence-electron chi connectivity index (χ3n) is 2.95. The van der Waals surface area contributed by atoms with Gasteiger partial charge in [0.1, 0.15) is 18.1 Å². The summed E-state index contributed by atoms with van der Waals surface area (Å²) in [6.07, 6.45) is 0. The number of ether oxygens (including phenoxy) is 1. The Morgan fingerprint density at radius 3 is 2.78 bits per heavy atom. The van der Waals surface area contributed by atoms with Crippen LogP contribution < -0.4 is 10.5 Å². The lowest BCUT2D eigenvalue weighted by Crippen LogP contribution is -2.05. The molecule has 2 rings (SSSR count). The Hall–Kier alpha value is -1.81. The Morgan fingerprint density at radius 1 is 1.39 bits per heavy atom. The second kappa shape index (κ2) is 5.23. The average molecular weight is 246 g/mol. The van der Waals surface area contributed by atoms with Crippen molar-refractivity contribution >= 4 is 0 Å². The van der Waals surface area contributed by atoms with Crippen LogP contribution in [0, 0.1) is 13.8 Å². The molecule has 0 aliphatic rings. The van der Waals surface area contributed by atoms with E-state index in [9.17, 15) is 0 Å². The molecule has 0 aliphatic heterocycles. The molecule has 4 nitrogen and oxygen atoms in total. The van der Waals surface area contributed by atoms with Crippen molar-refractivity contribution in [1.82, 2.24) is 5.16 Å². The number of hydrogen-bond acceptors (Lipinski definition) is 4. The molecule has 1 aromatic heterocycles. The molecular weight excluding hydrogens is 228 g/mol. The maximum Gasteiger partial charge on any atom is 0.140 e. The molecule has 0 saturated carbocycles. The van der Waals surface area contributed by atoms with Gasteiger partial charge in [0.25, 0.3) is 0 Å². The van der Waals surface area contributed by atoms with E-state index < -0.39 is 0 Å². The van der Waals surface area contributed by atoms with E-state index in [1.807, 2.05) is 45.0 Å². The summed E-state index contributed by atoms with van der Waals surface area (Å²) in [5.74, 6) is 1.61. The summed E-state index contributed by atoms with van der Waals surface area (Å²) in [5.41, 5.74) is 8.77. The Morgan fingerprint density at radius 2 is 2.17 bits per heavy atom. The Labute approximate surface area is 107 Å². The number of benzene rings is 1. The van der Waals surface area contributed by atoms with Gasteiger partial charge in [-0.15, -0.1) is 0 Å². The van der Waals surface area contributed by atoms with Gasteiger partial charge < -0.3 is 15.0 Å². The Kier molecular flexibility index (Phi) is 3.67. The smallest absolute Gasteiger partial charge is 0.140 e. The maximum absolute atomic E-state index is 5.84. The van der Waals surface area contributed by atoms with Crippen molar-refractivity contribution in [2.45, 2.75) is 33.4 Å². The fraction of sp³-hybridized carbons (Fsp3) is 0.357. The highest BCUT2D eigenvalue weighted by atomic mass is 16.5. The lowest BCUT2D eigenvalue weighted by molar-refractivity contribution is 0.301. The number of nitrogens with two attached hydrogens (primary N) is 1. The van der Waals surface area contributed by atoms with E-state index in [0.717, 1.165) is 28.3 Å². The van der Waals surface area contributed by atoms with Crippen LogP contribution in [0.3, 0.4) is 0 Å². The number of rotatable bonds is 4. The molecule has 0 fully saturated rings. The van der Waals surface area contributed by atoms with Crippen LogP contribution in [-0.4, -0.2) is 5.16 Å². The van der Waals surface area contributed by atoms with Gasteiger partial charge in [-0.05, 0) is 38.5 Å². The summed E-state index contributed by atoms with van der Waals surface area (Å²) in [6, 6.07) is 7.83. The number of aryl methyl sites for hydroxylation is 2. The van der Waals surface area contributed by atoms with Crippen molar-refractivity contribution in [1.29, 1.82) is 0 Å². The van der Waals surface area contributed by atoms with Crippen LogP contribution in [0.15, 0.2) is 28.8 Å². The molecule has 0 unspecified atom stereocenters. The third-order valence-corrected chi connectivity index (χ3v) is 2.95. The molecule has 1 heterocycles. The van der Waals surface area contributed by atoms with Gasteiger partial charge in [-0.2, -0.15) is 0 Å². The van der Waals surface area contributed by atoms with Gasteiger partial charge >= 0.3 is 0 Å². The summed E-state index contributed by atoms with van der Waals surface area (Å²) < 4.78 is 10.8. The number of hydrogen-bond donors (Lipinski definition) is 1. The molecule has 2 N–H and O–H groups in total. The largest absolute Gasteiger partial charge is 0.489 e. The molecule has 0 bridgehead atoms. The standard InChI is InChI=1S/C14H18N2O2/c1-9(15)12-5-4-6-13(7-12)17-8-14-10(2)16-18-11(14)3/h4-7,9H,8,15H2,1-3H3/t9-/m1/s1. The van der Waals surface area contributed by atoms with Crippen LogP contribution in [-0.2, 0) is 6.61 Å². The first-order valence-corrected chi connectivity index (χ1v) is 5.98. The lowest BCUT2D eigenvalue weighted by Gasteiger charge is -2.09. The first-order chi connectivity index (χ1) is 8.58. The normalized spacial score (nSPS) is 12.4. The second-order valence-electron chi connectivity index (χ2n) is 4.45. The third kappa shape index (κ3) is 2.71. The molecule has 0 aliphatic carbocycles. The molecule has 18 heavy (non-hydrogen) atoms. The zero-order chi connectivity index (χ0) is 13.1. The van der Waals surface area contributed by atoms with E-state index in [2.05, 4.69) is 5.16 Å². The van der Waals surface area contributed by atoms with Crippen molar-refractivity contribution < 1.29 is 9.26 Å². The van der Waals surface area contributed by atoms with Crippen LogP contribution in [0.25, 0.3) is 0 Å². The highest BCUT2D eigenvalue weighted by Gasteiger charge is 2.09. The van der Waals surface area contributed by atoms with Gasteiger partial charge in [0.2, 0.25) is 0 Å². The minimum Gasteiger partial charge on any atom is -0.489 e. The van der Waals surface area contributed by atoms with Crippen molar-refractivity contribution in [2.75, 3.05) is 0 Å². The maximum atomic E-state index is 5.84. The van der Waals surface area contributed by atoms with E-state index in [1.165, 1.54) is 0 Å². The summed E-state index contributed by atoms with van der Waals surface area (Å²) in [4.78, 5) is 0. The first kappa shape index (κ1) is 12.6. The lowest BCUT2D eigenvalue weighted by atomic mass is 10.1. The molecule has 96 valence electrons. The summed E-state index contributed by atoms with van der Waals surface area (Å²) in [5, 5.41) is 3.90. The zero-order valence-corrected chi connectivity index (χ0v) is 10.9. The topological polar surface area (TPSA) is 61.3 Å². The molecule has 0 spiro atoms. The van der Waals surface area contributed by atoms with Gasteiger partial charge in [0.15, 0.2) is 0 Å². The zero-order valence-electron chi connectivity index (χ0n) is 10.9. The predicted octanol–water partition coefficient (Wildman–Crippen LogP) is 2.89. The molecular formula is C14H18N2O2. The van der Waals surface area contributed by atoms with Crippen molar-refractivity contribution in [3.63, 3.8) is 0 Å². The monoisotopic (exact) mass is 246 g/mol. The number of nitrogens with zero attached hydrogens (tertiary/aromatic N) is 1. The molecule has 0 radical (unpaired) electrons. The van der Waals surface area contributed by atoms with Crippen molar-refractivity contribution in [3.05, 3.63) is 46.8 Å². The summed E-state index contributed by atoms with van der Waals surface area (Å²) in [7, 11) is 0. The summed E-state index contributed by atoms with van der Waals surface area (Å²) in [6.45, 7) is 6.21. The van der Waals surface area contributed by atoms with Gasteiger partial charge in [-0.3, -0.25) is 0 Å². The predicted molar refractivity (Wildman–Crippen MR) is 69.4 cm³/mol. The van der Waals surface area contributed by atoms with Crippen molar-refractivity contribution in [3.8, 4) is 5.75 Å². The van der Waals surface area contributed by atoms with E-state index in [4.69, 9.17) is 15.0 Å². The highest BCUT2D eigenvalue weighted by Crippen LogP contribution is 2.20. The molecule has 4 heteroatoms. The van der Waals surface area contributed by atoms with Gasteiger partial charge in [-0.25, -0.2) is 0 Å². The van der Waals surface area contributed by atoms with E-state index in [1.54, 1.807) is 0 Å². The van der Waals surface area contributed by atoms with E-state index in [0.29, 0.717) is 6.61 Å². The molecule has 2 aromatic rings. The summed E-state index contributed by atoms with van der Waals surface area (Å²) >= 11 is 0. The van der Waals surface area contributed by atoms with Crippen molar-refractivity contribution in [2.24, 2.45) is 5.73 Å². The van der Waals surface area contributed by atoms with E-state index >= 15 is 0 Å². The van der Waals surface area contributed by atoms with Gasteiger partial charge in [0, 0.05) is 6.04 Å². The Bertz CT molecular complexity index is 513. The molecule has 1 atom stereocenters. The Balaban J connectivity index is 2.09. The first-order valence-electron chi connectivity index (χ1n) is 5.98. The van der Waals surface area contributed by atoms with Crippen LogP contribution in [0.1, 0.15) is 35.5 Å². The molecule has 1 aromatic carbocycles. The fourth-order valence-corrected chi connectivity index (χ4v) is 1.75. The minimum atomic E-state index is 0.00705. The second-order valence-corrected chi connectivity index (χ2v) is 4.45. The van der Waals surface area contributed by atoms with Crippen LogP contribution >= 0.6 is 0 Å². The highest BCUT2D eigenvalue weighted by molar-refractivity contribution is 5.30. The number of aromatic nitrogens is 1. The molecule has 0 amide bonds. The van der Waals surface area contributed by atoms with E-state index in [-0.39, 0.29) is 6.04 Å².